The van der Waals surface area contributed by atoms with Crippen LogP contribution in [0.3, 0.4) is 0 Å². The van der Waals surface area contributed by atoms with Crippen molar-refractivity contribution in [2.75, 3.05) is 4.90 Å². The number of aromatic nitrogens is 2. The molecule has 1 aliphatic heterocycles. The van der Waals surface area contributed by atoms with Crippen molar-refractivity contribution < 1.29 is 9.90 Å². The van der Waals surface area contributed by atoms with Crippen LogP contribution in [0.25, 0.3) is 0 Å². The quantitative estimate of drug-likeness (QED) is 0.538. The number of nitrogens with zero attached hydrogens (tertiary/aromatic N) is 3. The maximum Gasteiger partial charge on any atom is 0.268 e. The van der Waals surface area contributed by atoms with Crippen LogP contribution in [0.4, 0.5) is 11.4 Å². The third-order valence-corrected chi connectivity index (χ3v) is 5.22. The molecular formula is C26H23N3O2. The second-order valence-corrected chi connectivity index (χ2v) is 7.41. The predicted molar refractivity (Wildman–Crippen MR) is 121 cm³/mol. The first-order valence-electron chi connectivity index (χ1n) is 10.1. The van der Waals surface area contributed by atoms with Crippen LogP contribution in [0.15, 0.2) is 104 Å². The van der Waals surface area contributed by atoms with Crippen LogP contribution in [-0.2, 0) is 16.8 Å². The molecule has 2 aromatic carbocycles. The van der Waals surface area contributed by atoms with Crippen molar-refractivity contribution >= 4 is 17.3 Å². The molecule has 1 aliphatic rings. The fourth-order valence-corrected chi connectivity index (χ4v) is 3.65. The molecule has 1 N–H and O–H groups in total. The Morgan fingerprint density at radius 2 is 1.39 bits per heavy atom. The lowest BCUT2D eigenvalue weighted by Gasteiger charge is -2.23. The molecule has 0 aliphatic carbocycles. The summed E-state index contributed by atoms with van der Waals surface area (Å²) >= 11 is 0. The molecule has 0 radical (unpaired) electrons. The number of rotatable bonds is 3. The van der Waals surface area contributed by atoms with Gasteiger partial charge in [0.15, 0.2) is 5.60 Å². The molecule has 5 rings (SSSR count). The van der Waals surface area contributed by atoms with Gasteiger partial charge in [-0.1, -0.05) is 36.4 Å². The van der Waals surface area contributed by atoms with Gasteiger partial charge in [-0.15, -0.1) is 0 Å². The van der Waals surface area contributed by atoms with Gasteiger partial charge in [0.25, 0.3) is 5.91 Å². The molecule has 1 unspecified atom stereocenters. The van der Waals surface area contributed by atoms with E-state index in [0.29, 0.717) is 5.56 Å². The topological polar surface area (TPSA) is 66.3 Å². The minimum atomic E-state index is -1.58. The second-order valence-electron chi connectivity index (χ2n) is 7.41. The van der Waals surface area contributed by atoms with E-state index in [1.807, 2.05) is 85.8 Å². The van der Waals surface area contributed by atoms with E-state index in [1.165, 1.54) is 5.56 Å². The Kier molecular flexibility index (Phi) is 5.87. The molecular weight excluding hydrogens is 386 g/mol. The van der Waals surface area contributed by atoms with Crippen LogP contribution in [0.2, 0.25) is 0 Å². The van der Waals surface area contributed by atoms with Crippen molar-refractivity contribution in [2.45, 2.75) is 18.9 Å². The average molecular weight is 409 g/mol. The number of pyridine rings is 2. The number of hydrogen-bond donors (Lipinski definition) is 1. The van der Waals surface area contributed by atoms with Crippen molar-refractivity contribution in [1.82, 2.24) is 9.97 Å². The molecule has 0 fully saturated rings. The summed E-state index contributed by atoms with van der Waals surface area (Å²) in [7, 11) is 0. The number of anilines is 2. The van der Waals surface area contributed by atoms with E-state index in [0.717, 1.165) is 16.9 Å². The van der Waals surface area contributed by atoms with Crippen LogP contribution in [-0.4, -0.2) is 21.0 Å². The van der Waals surface area contributed by atoms with Gasteiger partial charge in [-0.25, -0.2) is 0 Å². The zero-order valence-corrected chi connectivity index (χ0v) is 17.2. The molecule has 31 heavy (non-hydrogen) atoms. The Labute approximate surface area is 181 Å². The minimum absolute atomic E-state index is 0.217. The molecule has 0 saturated carbocycles. The molecule has 0 spiro atoms. The van der Waals surface area contributed by atoms with Crippen LogP contribution in [0.1, 0.15) is 16.7 Å². The lowest BCUT2D eigenvalue weighted by atomic mass is 9.89. The van der Waals surface area contributed by atoms with Crippen molar-refractivity contribution in [1.29, 1.82) is 0 Å². The molecule has 5 heteroatoms. The molecule has 5 nitrogen and oxygen atoms in total. The van der Waals surface area contributed by atoms with E-state index in [9.17, 15) is 9.90 Å². The maximum atomic E-state index is 13.1. The summed E-state index contributed by atoms with van der Waals surface area (Å²) in [5.41, 5.74) is 2.66. The third kappa shape index (κ3) is 4.22. The lowest BCUT2D eigenvalue weighted by molar-refractivity contribution is -0.135. The number of amides is 1. The highest BCUT2D eigenvalue weighted by Crippen LogP contribution is 2.45. The van der Waals surface area contributed by atoms with Crippen LogP contribution in [0.5, 0.6) is 0 Å². The first-order chi connectivity index (χ1) is 15.1. The molecule has 1 amide bonds. The molecule has 1 atom stereocenters. The molecule has 154 valence electrons. The Hall–Kier alpha value is -3.83. The Bertz CT molecular complexity index is 1150. The first kappa shape index (κ1) is 20.4. The van der Waals surface area contributed by atoms with Crippen molar-refractivity contribution in [3.05, 3.63) is 120 Å². The van der Waals surface area contributed by atoms with Gasteiger partial charge in [0, 0.05) is 42.5 Å². The lowest BCUT2D eigenvalue weighted by Crippen LogP contribution is -2.40. The number of carbonyl (C=O) groups excluding carboxylic acids is 1. The molecule has 0 bridgehead atoms. The number of hydrogen-bond acceptors (Lipinski definition) is 4. The smallest absolute Gasteiger partial charge is 0.268 e. The van der Waals surface area contributed by atoms with E-state index in [1.54, 1.807) is 29.7 Å². The number of aliphatic hydroxyl groups is 1. The summed E-state index contributed by atoms with van der Waals surface area (Å²) in [5.74, 6) is -0.327. The molecule has 4 aromatic rings. The van der Waals surface area contributed by atoms with Gasteiger partial charge < -0.3 is 5.11 Å². The molecule has 0 saturated heterocycles. The highest BCUT2D eigenvalue weighted by Gasteiger charge is 2.50. The summed E-state index contributed by atoms with van der Waals surface area (Å²) in [4.78, 5) is 22.6. The van der Waals surface area contributed by atoms with Gasteiger partial charge in [-0.05, 0) is 60.5 Å². The zero-order valence-electron chi connectivity index (χ0n) is 17.2. The number of fused-ring (bicyclic) bond motifs is 1. The Morgan fingerprint density at radius 1 is 0.806 bits per heavy atom. The van der Waals surface area contributed by atoms with Gasteiger partial charge >= 0.3 is 0 Å². The van der Waals surface area contributed by atoms with Crippen LogP contribution in [0, 0.1) is 6.92 Å². The van der Waals surface area contributed by atoms with Crippen molar-refractivity contribution in [3.8, 4) is 0 Å². The normalized spacial score (nSPS) is 17.0. The summed E-state index contributed by atoms with van der Waals surface area (Å²) in [5, 5.41) is 11.3. The number of benzene rings is 2. The van der Waals surface area contributed by atoms with Crippen LogP contribution < -0.4 is 4.90 Å². The standard InChI is InChI=1S/C20H16N2O2.C6H7N/c23-19-20(24,14-15-10-12-21-13-11-15)17-8-4-5-9-18(17)22(19)16-6-2-1-3-7-16;1-6-2-4-7-5-3-6/h1-13,24H,14H2;2-5H,1H3. The average Bonchev–Trinajstić information content (AvgIpc) is 3.03. The molecule has 2 aromatic heterocycles. The molecule has 3 heterocycles. The van der Waals surface area contributed by atoms with Crippen molar-refractivity contribution in [2.24, 2.45) is 0 Å². The zero-order chi connectivity index (χ0) is 21.7. The van der Waals surface area contributed by atoms with Gasteiger partial charge in [0.1, 0.15) is 0 Å². The van der Waals surface area contributed by atoms with E-state index in [4.69, 9.17) is 0 Å². The summed E-state index contributed by atoms with van der Waals surface area (Å²) in [6.45, 7) is 2.04. The largest absolute Gasteiger partial charge is 0.375 e. The van der Waals surface area contributed by atoms with E-state index in [2.05, 4.69) is 9.97 Å². The number of para-hydroxylation sites is 2. The van der Waals surface area contributed by atoms with Gasteiger partial charge in [0.2, 0.25) is 0 Å². The summed E-state index contributed by atoms with van der Waals surface area (Å²) in [6, 6.07) is 24.4. The van der Waals surface area contributed by atoms with Gasteiger partial charge in [-0.2, -0.15) is 0 Å². The van der Waals surface area contributed by atoms with E-state index < -0.39 is 5.60 Å². The minimum Gasteiger partial charge on any atom is -0.375 e. The fraction of sp³-hybridized carbons (Fsp3) is 0.115. The second kappa shape index (κ2) is 8.90. The van der Waals surface area contributed by atoms with Crippen molar-refractivity contribution in [3.63, 3.8) is 0 Å². The van der Waals surface area contributed by atoms with Gasteiger partial charge in [-0.3, -0.25) is 19.7 Å². The SMILES string of the molecule is Cc1ccncc1.O=C1N(c2ccccc2)c2ccccc2C1(O)Cc1ccncc1. The van der Waals surface area contributed by atoms with E-state index >= 15 is 0 Å². The monoisotopic (exact) mass is 409 g/mol. The van der Waals surface area contributed by atoms with E-state index in [-0.39, 0.29) is 12.3 Å². The first-order valence-corrected chi connectivity index (χ1v) is 10.1. The van der Waals surface area contributed by atoms with Crippen LogP contribution >= 0.6 is 0 Å². The maximum absolute atomic E-state index is 13.1. The third-order valence-electron chi connectivity index (χ3n) is 5.22. The fourth-order valence-electron chi connectivity index (χ4n) is 3.65. The highest BCUT2D eigenvalue weighted by atomic mass is 16.3. The number of carbonyl (C=O) groups is 1. The summed E-state index contributed by atoms with van der Waals surface area (Å²) in [6.07, 6.45) is 7.12. The Balaban J connectivity index is 0.000000282. The summed E-state index contributed by atoms with van der Waals surface area (Å²) < 4.78 is 0. The Morgan fingerprint density at radius 3 is 2.00 bits per heavy atom. The predicted octanol–water partition coefficient (Wildman–Crippen LogP) is 4.58. The number of aryl methyl sites for hydroxylation is 1. The highest BCUT2D eigenvalue weighted by molar-refractivity contribution is 6.12. The van der Waals surface area contributed by atoms with Gasteiger partial charge in [0.05, 0.1) is 5.69 Å².